The second-order valence-corrected chi connectivity index (χ2v) is 6.07. The number of halogens is 1. The van der Waals surface area contributed by atoms with Gasteiger partial charge in [0.05, 0.1) is 0 Å². The predicted molar refractivity (Wildman–Crippen MR) is 72.6 cm³/mol. The van der Waals surface area contributed by atoms with Gasteiger partial charge in [-0.05, 0) is 24.8 Å². The van der Waals surface area contributed by atoms with Crippen LogP contribution in [0, 0.1) is 11.2 Å². The van der Waals surface area contributed by atoms with Gasteiger partial charge in [-0.1, -0.05) is 32.0 Å². The maximum Gasteiger partial charge on any atom is 0.132 e. The predicted octanol–water partition coefficient (Wildman–Crippen LogP) is 2.91. The molecule has 2 nitrogen and oxygen atoms in total. The Morgan fingerprint density at radius 3 is 2.72 bits per heavy atom. The number of hydrogen-bond acceptors (Lipinski definition) is 2. The van der Waals surface area contributed by atoms with Gasteiger partial charge in [0, 0.05) is 30.8 Å². The smallest absolute Gasteiger partial charge is 0.132 e. The number of likely N-dealkylation sites (tertiary alicyclic amines) is 1. The third-order valence-electron chi connectivity index (χ3n) is 3.75. The van der Waals surface area contributed by atoms with Crippen molar-refractivity contribution in [3.63, 3.8) is 0 Å². The molecule has 0 aliphatic carbocycles. The summed E-state index contributed by atoms with van der Waals surface area (Å²) >= 11 is 0. The molecule has 0 unspecified atom stereocenters. The van der Waals surface area contributed by atoms with Crippen LogP contribution in [0.15, 0.2) is 18.2 Å². The minimum absolute atomic E-state index is 0.122. The lowest BCUT2D eigenvalue weighted by Gasteiger charge is -2.38. The van der Waals surface area contributed by atoms with Gasteiger partial charge in [0.2, 0.25) is 0 Å². The van der Waals surface area contributed by atoms with Crippen LogP contribution in [0.5, 0.6) is 0 Å². The first-order valence-corrected chi connectivity index (χ1v) is 6.70. The molecule has 1 saturated heterocycles. The molecule has 2 N–H and O–H groups in total. The average Bonchev–Trinajstić information content (AvgIpc) is 2.31. The van der Waals surface area contributed by atoms with E-state index < -0.39 is 0 Å². The highest BCUT2D eigenvalue weighted by molar-refractivity contribution is 5.26. The lowest BCUT2D eigenvalue weighted by atomic mass is 9.84. The highest BCUT2D eigenvalue weighted by atomic mass is 19.1. The molecule has 0 bridgehead atoms. The van der Waals surface area contributed by atoms with E-state index in [9.17, 15) is 4.39 Å². The van der Waals surface area contributed by atoms with Crippen LogP contribution in [0.1, 0.15) is 37.8 Å². The third-order valence-corrected chi connectivity index (χ3v) is 3.75. The van der Waals surface area contributed by atoms with Crippen molar-refractivity contribution in [2.24, 2.45) is 11.1 Å². The van der Waals surface area contributed by atoms with Crippen LogP contribution in [0.4, 0.5) is 4.39 Å². The van der Waals surface area contributed by atoms with Crippen molar-refractivity contribution in [1.82, 2.24) is 4.90 Å². The normalized spacial score (nSPS) is 20.0. The van der Waals surface area contributed by atoms with Crippen molar-refractivity contribution < 1.29 is 4.39 Å². The molecule has 100 valence electrons. The first-order chi connectivity index (χ1) is 8.52. The van der Waals surface area contributed by atoms with Gasteiger partial charge in [-0.15, -0.1) is 0 Å². The molecule has 0 radical (unpaired) electrons. The minimum Gasteiger partial charge on any atom is -0.326 e. The SMILES string of the molecule is CC1(C)CCCN(Cc2cccc(CN)c2F)C1. The van der Waals surface area contributed by atoms with E-state index in [0.717, 1.165) is 18.7 Å². The van der Waals surface area contributed by atoms with Gasteiger partial charge in [0.1, 0.15) is 5.82 Å². The van der Waals surface area contributed by atoms with Crippen LogP contribution >= 0.6 is 0 Å². The molecule has 0 saturated carbocycles. The minimum atomic E-state index is -0.122. The van der Waals surface area contributed by atoms with E-state index >= 15 is 0 Å². The Morgan fingerprint density at radius 2 is 2.06 bits per heavy atom. The number of piperidine rings is 1. The van der Waals surface area contributed by atoms with Crippen LogP contribution in [0.2, 0.25) is 0 Å². The van der Waals surface area contributed by atoms with E-state index in [0.29, 0.717) is 17.5 Å². The number of rotatable bonds is 3. The monoisotopic (exact) mass is 250 g/mol. The molecular weight excluding hydrogens is 227 g/mol. The Balaban J connectivity index is 2.09. The highest BCUT2D eigenvalue weighted by Gasteiger charge is 2.26. The molecule has 1 fully saturated rings. The number of hydrogen-bond donors (Lipinski definition) is 1. The van der Waals surface area contributed by atoms with Gasteiger partial charge in [0.15, 0.2) is 0 Å². The molecular formula is C15H23FN2. The molecule has 18 heavy (non-hydrogen) atoms. The van der Waals surface area contributed by atoms with Crippen molar-refractivity contribution >= 4 is 0 Å². The lowest BCUT2D eigenvalue weighted by molar-refractivity contribution is 0.110. The van der Waals surface area contributed by atoms with E-state index in [1.165, 1.54) is 12.8 Å². The first-order valence-electron chi connectivity index (χ1n) is 6.70. The molecule has 1 aromatic carbocycles. The van der Waals surface area contributed by atoms with Crippen LogP contribution in [-0.2, 0) is 13.1 Å². The summed E-state index contributed by atoms with van der Waals surface area (Å²) in [6.45, 7) is 7.64. The summed E-state index contributed by atoms with van der Waals surface area (Å²) in [5.74, 6) is -0.122. The maximum absolute atomic E-state index is 14.1. The molecule has 0 atom stereocenters. The van der Waals surface area contributed by atoms with Crippen LogP contribution in [0.3, 0.4) is 0 Å². The van der Waals surface area contributed by atoms with Crippen molar-refractivity contribution in [3.8, 4) is 0 Å². The fourth-order valence-electron chi connectivity index (χ4n) is 2.83. The summed E-state index contributed by atoms with van der Waals surface area (Å²) in [4.78, 5) is 2.35. The standard InChI is InChI=1S/C15H23FN2/c1-15(2)7-4-8-18(11-15)10-13-6-3-5-12(9-17)14(13)16/h3,5-6H,4,7-11,17H2,1-2H3. The molecule has 2 rings (SSSR count). The summed E-state index contributed by atoms with van der Waals surface area (Å²) in [6.07, 6.45) is 2.46. The van der Waals surface area contributed by atoms with Crippen molar-refractivity contribution in [1.29, 1.82) is 0 Å². The molecule has 0 spiro atoms. The molecule has 3 heteroatoms. The molecule has 1 aliphatic heterocycles. The van der Waals surface area contributed by atoms with Gasteiger partial charge in [-0.25, -0.2) is 4.39 Å². The lowest BCUT2D eigenvalue weighted by Crippen LogP contribution is -2.39. The van der Waals surface area contributed by atoms with E-state index in [4.69, 9.17) is 5.73 Å². The van der Waals surface area contributed by atoms with Crippen molar-refractivity contribution in [2.45, 2.75) is 39.8 Å². The fourth-order valence-corrected chi connectivity index (χ4v) is 2.83. The summed E-state index contributed by atoms with van der Waals surface area (Å²) in [6, 6.07) is 5.53. The van der Waals surface area contributed by atoms with Crippen molar-refractivity contribution in [2.75, 3.05) is 13.1 Å². The molecule has 1 heterocycles. The Morgan fingerprint density at radius 1 is 1.33 bits per heavy atom. The molecule has 0 amide bonds. The third kappa shape index (κ3) is 3.09. The quantitative estimate of drug-likeness (QED) is 0.893. The summed E-state index contributed by atoms with van der Waals surface area (Å²) in [7, 11) is 0. The average molecular weight is 250 g/mol. The highest BCUT2D eigenvalue weighted by Crippen LogP contribution is 2.29. The maximum atomic E-state index is 14.1. The van der Waals surface area contributed by atoms with Gasteiger partial charge in [-0.3, -0.25) is 4.90 Å². The molecule has 1 aromatic rings. The van der Waals surface area contributed by atoms with Crippen LogP contribution in [0.25, 0.3) is 0 Å². The van der Waals surface area contributed by atoms with E-state index in [1.807, 2.05) is 12.1 Å². The second-order valence-electron chi connectivity index (χ2n) is 6.07. The van der Waals surface area contributed by atoms with Crippen LogP contribution in [-0.4, -0.2) is 18.0 Å². The van der Waals surface area contributed by atoms with Crippen LogP contribution < -0.4 is 5.73 Å². The summed E-state index contributed by atoms with van der Waals surface area (Å²) in [5.41, 5.74) is 7.28. The molecule has 1 aliphatic rings. The van der Waals surface area contributed by atoms with Gasteiger partial charge >= 0.3 is 0 Å². The zero-order valence-electron chi connectivity index (χ0n) is 11.4. The zero-order chi connectivity index (χ0) is 13.2. The number of nitrogens with zero attached hydrogens (tertiary/aromatic N) is 1. The van der Waals surface area contributed by atoms with Gasteiger partial charge < -0.3 is 5.73 Å². The van der Waals surface area contributed by atoms with E-state index in [-0.39, 0.29) is 12.4 Å². The van der Waals surface area contributed by atoms with E-state index in [1.54, 1.807) is 6.07 Å². The van der Waals surface area contributed by atoms with Crippen molar-refractivity contribution in [3.05, 3.63) is 35.1 Å². The number of benzene rings is 1. The Kier molecular flexibility index (Phi) is 4.03. The molecule has 0 aromatic heterocycles. The first kappa shape index (κ1) is 13.5. The van der Waals surface area contributed by atoms with Gasteiger partial charge in [-0.2, -0.15) is 0 Å². The summed E-state index contributed by atoms with van der Waals surface area (Å²) < 4.78 is 14.1. The topological polar surface area (TPSA) is 29.3 Å². The number of nitrogens with two attached hydrogens (primary N) is 1. The second kappa shape index (κ2) is 5.37. The fraction of sp³-hybridized carbons (Fsp3) is 0.600. The summed E-state index contributed by atoms with van der Waals surface area (Å²) in [5, 5.41) is 0. The van der Waals surface area contributed by atoms with Gasteiger partial charge in [0.25, 0.3) is 0 Å². The largest absolute Gasteiger partial charge is 0.326 e. The zero-order valence-corrected chi connectivity index (χ0v) is 11.4. The van der Waals surface area contributed by atoms with E-state index in [2.05, 4.69) is 18.7 Å². The Bertz CT molecular complexity index is 415. The Hall–Kier alpha value is -0.930. The Labute approximate surface area is 109 Å².